The first-order chi connectivity index (χ1) is 14.4. The zero-order valence-electron chi connectivity index (χ0n) is 16.7. The molecular weight excluding hydrogens is 421 g/mol. The van der Waals surface area contributed by atoms with Gasteiger partial charge < -0.3 is 15.7 Å². The largest absolute Gasteiger partial charge is 0.390 e. The van der Waals surface area contributed by atoms with Gasteiger partial charge in [-0.3, -0.25) is 4.79 Å². The highest BCUT2D eigenvalue weighted by atomic mass is 35.5. The summed E-state index contributed by atoms with van der Waals surface area (Å²) in [7, 11) is 0. The van der Waals surface area contributed by atoms with Crippen LogP contribution >= 0.6 is 23.2 Å². The van der Waals surface area contributed by atoms with Crippen molar-refractivity contribution < 1.29 is 9.90 Å². The summed E-state index contributed by atoms with van der Waals surface area (Å²) in [6, 6.07) is 12.1. The second-order valence-electron chi connectivity index (χ2n) is 7.53. The molecule has 1 aliphatic rings. The highest BCUT2D eigenvalue weighted by Crippen LogP contribution is 2.27. The van der Waals surface area contributed by atoms with E-state index in [1.54, 1.807) is 0 Å². The molecule has 7 heteroatoms. The van der Waals surface area contributed by atoms with E-state index >= 15 is 0 Å². The summed E-state index contributed by atoms with van der Waals surface area (Å²) in [5.41, 5.74) is 1.30. The van der Waals surface area contributed by atoms with Crippen molar-refractivity contribution in [3.05, 3.63) is 63.9 Å². The summed E-state index contributed by atoms with van der Waals surface area (Å²) in [4.78, 5) is 16.6. The number of aromatic nitrogens is 1. The minimum absolute atomic E-state index is 0.0360. The Morgan fingerprint density at radius 1 is 1.23 bits per heavy atom. The molecule has 158 valence electrons. The molecule has 0 saturated heterocycles. The molecule has 3 N–H and O–H groups in total. The topological polar surface area (TPSA) is 74.2 Å². The second-order valence-corrected chi connectivity index (χ2v) is 8.31. The molecule has 3 unspecified atom stereocenters. The monoisotopic (exact) mass is 445 g/mol. The number of pyridine rings is 1. The lowest BCUT2D eigenvalue weighted by Crippen LogP contribution is -2.49. The van der Waals surface area contributed by atoms with Crippen LogP contribution in [0.2, 0.25) is 10.3 Å². The number of nitrogens with one attached hydrogen (secondary N) is 2. The van der Waals surface area contributed by atoms with Gasteiger partial charge in [-0.15, -0.1) is 0 Å². The van der Waals surface area contributed by atoms with Crippen LogP contribution in [0.25, 0.3) is 0 Å². The van der Waals surface area contributed by atoms with Crippen molar-refractivity contribution in [2.75, 3.05) is 6.54 Å². The fraction of sp³-hybridized carbons (Fsp3) is 0.391. The number of nitrogens with zero attached hydrogens (tertiary/aromatic N) is 1. The molecule has 1 saturated carbocycles. The minimum Gasteiger partial charge on any atom is -0.390 e. The number of hydrogen-bond acceptors (Lipinski definition) is 4. The Bertz CT molecular complexity index is 903. The standard InChI is InChI=1S/C23H25Cl2N3O2/c1-15(7-8-16-9-10-16)26-14-20(29)19(11-17-5-3-2-4-6-17)27-23(30)18-12-21(24)28-22(25)13-18/h2-6,12-13,15-16,19-20,26,29H,9-11,14H2,1H3,(H,27,30). The Morgan fingerprint density at radius 3 is 2.53 bits per heavy atom. The van der Waals surface area contributed by atoms with Crippen LogP contribution in [0.5, 0.6) is 0 Å². The molecule has 1 aromatic carbocycles. The first-order valence-corrected chi connectivity index (χ1v) is 10.8. The molecule has 1 heterocycles. The summed E-state index contributed by atoms with van der Waals surface area (Å²) in [6.07, 6.45) is 2.02. The van der Waals surface area contributed by atoms with Crippen LogP contribution < -0.4 is 10.6 Å². The van der Waals surface area contributed by atoms with Crippen molar-refractivity contribution in [3.8, 4) is 11.8 Å². The average molecular weight is 446 g/mol. The van der Waals surface area contributed by atoms with Crippen molar-refractivity contribution >= 4 is 29.1 Å². The Hall–Kier alpha value is -2.10. The van der Waals surface area contributed by atoms with Gasteiger partial charge in [-0.25, -0.2) is 4.98 Å². The van der Waals surface area contributed by atoms with E-state index in [9.17, 15) is 9.90 Å². The van der Waals surface area contributed by atoms with Gasteiger partial charge in [0.2, 0.25) is 0 Å². The number of aliphatic hydroxyl groups excluding tert-OH is 1. The maximum Gasteiger partial charge on any atom is 0.251 e. The van der Waals surface area contributed by atoms with Gasteiger partial charge in [-0.05, 0) is 43.9 Å². The van der Waals surface area contributed by atoms with E-state index in [1.807, 2.05) is 37.3 Å². The van der Waals surface area contributed by atoms with Gasteiger partial charge in [0.25, 0.3) is 5.91 Å². The highest BCUT2D eigenvalue weighted by Gasteiger charge is 2.23. The maximum atomic E-state index is 12.8. The third kappa shape index (κ3) is 7.30. The van der Waals surface area contributed by atoms with E-state index < -0.39 is 12.1 Å². The first-order valence-electron chi connectivity index (χ1n) is 10.0. The summed E-state index contributed by atoms with van der Waals surface area (Å²) in [6.45, 7) is 2.27. The lowest BCUT2D eigenvalue weighted by atomic mass is 10.0. The highest BCUT2D eigenvalue weighted by molar-refractivity contribution is 6.33. The molecule has 0 bridgehead atoms. The first kappa shape index (κ1) is 22.6. The van der Waals surface area contributed by atoms with Crippen molar-refractivity contribution in [3.63, 3.8) is 0 Å². The molecule has 0 aliphatic heterocycles. The summed E-state index contributed by atoms with van der Waals surface area (Å²) < 4.78 is 0. The van der Waals surface area contributed by atoms with Gasteiger partial charge in [-0.1, -0.05) is 65.4 Å². The SMILES string of the molecule is CC(C#CC1CC1)NCC(O)C(Cc1ccccc1)NC(=O)c1cc(Cl)nc(Cl)c1. The van der Waals surface area contributed by atoms with E-state index in [0.717, 1.165) is 5.56 Å². The van der Waals surface area contributed by atoms with Crippen LogP contribution in [0, 0.1) is 17.8 Å². The van der Waals surface area contributed by atoms with Gasteiger partial charge in [0.15, 0.2) is 0 Å². The molecular formula is C23H25Cl2N3O2. The van der Waals surface area contributed by atoms with E-state index in [2.05, 4.69) is 27.5 Å². The van der Waals surface area contributed by atoms with Crippen LogP contribution in [-0.2, 0) is 6.42 Å². The zero-order chi connectivity index (χ0) is 21.5. The van der Waals surface area contributed by atoms with E-state index in [4.69, 9.17) is 23.2 Å². The van der Waals surface area contributed by atoms with Crippen molar-refractivity contribution in [2.24, 2.45) is 5.92 Å². The molecule has 5 nitrogen and oxygen atoms in total. The van der Waals surface area contributed by atoms with E-state index in [0.29, 0.717) is 24.4 Å². The number of amides is 1. The Morgan fingerprint density at radius 2 is 1.90 bits per heavy atom. The van der Waals surface area contributed by atoms with Crippen LogP contribution in [0.15, 0.2) is 42.5 Å². The smallest absolute Gasteiger partial charge is 0.251 e. The fourth-order valence-corrected chi connectivity index (χ4v) is 3.42. The minimum atomic E-state index is -0.813. The number of hydrogen-bond donors (Lipinski definition) is 3. The van der Waals surface area contributed by atoms with Crippen molar-refractivity contribution in [2.45, 2.75) is 44.4 Å². The number of benzene rings is 1. The summed E-state index contributed by atoms with van der Waals surface area (Å²) in [5.74, 6) is 6.55. The van der Waals surface area contributed by atoms with Crippen LogP contribution in [0.4, 0.5) is 0 Å². The number of carbonyl (C=O) groups is 1. The summed E-state index contributed by atoms with van der Waals surface area (Å²) >= 11 is 11.8. The average Bonchev–Trinajstić information content (AvgIpc) is 3.54. The molecule has 0 spiro atoms. The molecule has 1 fully saturated rings. The predicted molar refractivity (Wildman–Crippen MR) is 120 cm³/mol. The number of halogens is 2. The van der Waals surface area contributed by atoms with Gasteiger partial charge in [0.1, 0.15) is 10.3 Å². The molecule has 3 rings (SSSR count). The summed E-state index contributed by atoms with van der Waals surface area (Å²) in [5, 5.41) is 17.2. The van der Waals surface area contributed by atoms with Crippen molar-refractivity contribution in [1.82, 2.24) is 15.6 Å². The Labute approximate surface area is 187 Å². The zero-order valence-corrected chi connectivity index (χ0v) is 18.2. The third-order valence-corrected chi connectivity index (χ3v) is 5.21. The van der Waals surface area contributed by atoms with Gasteiger partial charge in [0.05, 0.1) is 18.2 Å². The molecule has 30 heavy (non-hydrogen) atoms. The molecule has 0 radical (unpaired) electrons. The molecule has 1 aromatic heterocycles. The van der Waals surface area contributed by atoms with Crippen LogP contribution in [0.1, 0.15) is 35.7 Å². The quantitative estimate of drug-likeness (QED) is 0.429. The van der Waals surface area contributed by atoms with E-state index in [1.165, 1.54) is 25.0 Å². The number of carbonyl (C=O) groups excluding carboxylic acids is 1. The van der Waals surface area contributed by atoms with Crippen LogP contribution in [0.3, 0.4) is 0 Å². The van der Waals surface area contributed by atoms with Gasteiger partial charge in [-0.2, -0.15) is 0 Å². The molecule has 3 atom stereocenters. The normalized spacial score (nSPS) is 16.1. The molecule has 2 aromatic rings. The molecule has 1 amide bonds. The van der Waals surface area contributed by atoms with Gasteiger partial charge in [0, 0.05) is 18.0 Å². The molecule has 1 aliphatic carbocycles. The lowest BCUT2D eigenvalue weighted by Gasteiger charge is -2.25. The van der Waals surface area contributed by atoms with Crippen molar-refractivity contribution in [1.29, 1.82) is 0 Å². The predicted octanol–water partition coefficient (Wildman–Crippen LogP) is 3.48. The Kier molecular flexibility index (Phi) is 8.12. The fourth-order valence-electron chi connectivity index (χ4n) is 2.96. The van der Waals surface area contributed by atoms with E-state index in [-0.39, 0.29) is 22.3 Å². The van der Waals surface area contributed by atoms with Gasteiger partial charge >= 0.3 is 0 Å². The number of rotatable bonds is 8. The number of aliphatic hydroxyl groups is 1. The van der Waals surface area contributed by atoms with Crippen LogP contribution in [-0.4, -0.2) is 40.7 Å². The Balaban J connectivity index is 1.67. The second kappa shape index (κ2) is 10.8. The third-order valence-electron chi connectivity index (χ3n) is 4.82. The lowest BCUT2D eigenvalue weighted by molar-refractivity contribution is 0.0829. The maximum absolute atomic E-state index is 12.8.